The van der Waals surface area contributed by atoms with Crippen molar-refractivity contribution in [2.24, 2.45) is 0 Å². The molecule has 0 aliphatic carbocycles. The molecule has 2 aromatic carbocycles. The molecule has 0 amide bonds. The molecule has 1 aliphatic heterocycles. The molecule has 6 nitrogen and oxygen atoms in total. The highest BCUT2D eigenvalue weighted by molar-refractivity contribution is 6.29. The maximum Gasteiger partial charge on any atom is 0.133 e. The van der Waals surface area contributed by atoms with Crippen LogP contribution >= 0.6 is 11.6 Å². The zero-order valence-electron chi connectivity index (χ0n) is 15.5. The number of hydrogen-bond donors (Lipinski definition) is 2. The van der Waals surface area contributed by atoms with Gasteiger partial charge in [-0.2, -0.15) is 5.26 Å². The van der Waals surface area contributed by atoms with E-state index in [0.29, 0.717) is 23.9 Å². The number of hydrazine groups is 1. The van der Waals surface area contributed by atoms with E-state index in [0.717, 1.165) is 22.6 Å². The second kappa shape index (κ2) is 8.93. The Hall–Kier alpha value is -3.11. The second-order valence-corrected chi connectivity index (χ2v) is 7.03. The smallest absolute Gasteiger partial charge is 0.133 e. The molecule has 2 heterocycles. The zero-order valence-corrected chi connectivity index (χ0v) is 16.3. The summed E-state index contributed by atoms with van der Waals surface area (Å²) in [7, 11) is 0. The van der Waals surface area contributed by atoms with E-state index < -0.39 is 0 Å². The monoisotopic (exact) mass is 406 g/mol. The average Bonchev–Trinajstić information content (AvgIpc) is 3.21. The lowest BCUT2D eigenvalue weighted by molar-refractivity contribution is 0.197. The number of nitrogens with zero attached hydrogens (tertiary/aromatic N) is 2. The van der Waals surface area contributed by atoms with Gasteiger partial charge in [0.2, 0.25) is 0 Å². The number of benzene rings is 2. The summed E-state index contributed by atoms with van der Waals surface area (Å²) in [6.45, 7) is 1.07. The predicted molar refractivity (Wildman–Crippen MR) is 109 cm³/mol. The van der Waals surface area contributed by atoms with Crippen LogP contribution in [0, 0.1) is 11.3 Å². The Kier molecular flexibility index (Phi) is 5.92. The first-order chi connectivity index (χ1) is 14.2. The van der Waals surface area contributed by atoms with Crippen LogP contribution in [0.1, 0.15) is 22.7 Å². The van der Waals surface area contributed by atoms with Gasteiger partial charge in [0.1, 0.15) is 29.4 Å². The molecule has 2 unspecified atom stereocenters. The Bertz CT molecular complexity index is 1020. The summed E-state index contributed by atoms with van der Waals surface area (Å²) in [6.07, 6.45) is 1.56. The van der Waals surface area contributed by atoms with Gasteiger partial charge in [0.15, 0.2) is 0 Å². The minimum absolute atomic E-state index is 0.0374. The van der Waals surface area contributed by atoms with Crippen LogP contribution in [0.2, 0.25) is 5.15 Å². The van der Waals surface area contributed by atoms with Crippen LogP contribution in [0.15, 0.2) is 66.9 Å². The lowest BCUT2D eigenvalue weighted by atomic mass is 10.0. The summed E-state index contributed by atoms with van der Waals surface area (Å²) in [5.41, 5.74) is 9.04. The molecule has 0 bridgehead atoms. The van der Waals surface area contributed by atoms with E-state index in [1.54, 1.807) is 24.4 Å². The van der Waals surface area contributed by atoms with Gasteiger partial charge < -0.3 is 9.47 Å². The van der Waals surface area contributed by atoms with E-state index in [4.69, 9.17) is 26.3 Å². The summed E-state index contributed by atoms with van der Waals surface area (Å²) >= 11 is 5.93. The van der Waals surface area contributed by atoms with Crippen LogP contribution in [0.5, 0.6) is 11.5 Å². The molecule has 2 atom stereocenters. The second-order valence-electron chi connectivity index (χ2n) is 6.64. The Labute approximate surface area is 174 Å². The summed E-state index contributed by atoms with van der Waals surface area (Å²) in [5.74, 6) is 1.49. The fourth-order valence-electron chi connectivity index (χ4n) is 3.17. The summed E-state index contributed by atoms with van der Waals surface area (Å²) in [4.78, 5) is 3.98. The van der Waals surface area contributed by atoms with E-state index in [1.165, 1.54) is 0 Å². The lowest BCUT2D eigenvalue weighted by Crippen LogP contribution is -2.27. The van der Waals surface area contributed by atoms with Gasteiger partial charge in [0.25, 0.3) is 0 Å². The van der Waals surface area contributed by atoms with Crippen molar-refractivity contribution in [1.29, 1.82) is 5.26 Å². The van der Waals surface area contributed by atoms with Crippen LogP contribution in [-0.4, -0.2) is 17.6 Å². The van der Waals surface area contributed by atoms with Gasteiger partial charge in [-0.25, -0.2) is 10.4 Å². The number of rotatable bonds is 6. The first-order valence-electron chi connectivity index (χ1n) is 9.20. The molecule has 4 rings (SSSR count). The first kappa shape index (κ1) is 19.2. The maximum absolute atomic E-state index is 8.93. The van der Waals surface area contributed by atoms with Crippen LogP contribution in [0.3, 0.4) is 0 Å². The molecule has 1 saturated heterocycles. The standard InChI is InChI=1S/C22H19ClN4O2/c23-21-10-16(8-9-25-21)14-28-19-3-1-2-17(11-19)22-20(13-26-27-22)29-18-6-4-15(12-24)5-7-18/h1-11,20,22,26-27H,13-14H2. The molecule has 1 aromatic heterocycles. The molecular weight excluding hydrogens is 388 g/mol. The fraction of sp³-hybridized carbons (Fsp3) is 0.182. The van der Waals surface area contributed by atoms with Crippen molar-refractivity contribution >= 4 is 11.6 Å². The van der Waals surface area contributed by atoms with Gasteiger partial charge in [0.05, 0.1) is 17.7 Å². The van der Waals surface area contributed by atoms with Crippen molar-refractivity contribution in [1.82, 2.24) is 15.8 Å². The molecule has 0 saturated carbocycles. The number of nitriles is 1. The highest BCUT2D eigenvalue weighted by Gasteiger charge is 2.30. The molecule has 146 valence electrons. The largest absolute Gasteiger partial charge is 0.489 e. The van der Waals surface area contributed by atoms with Gasteiger partial charge in [-0.1, -0.05) is 23.7 Å². The van der Waals surface area contributed by atoms with Crippen molar-refractivity contribution < 1.29 is 9.47 Å². The number of hydrogen-bond acceptors (Lipinski definition) is 6. The number of aromatic nitrogens is 1. The van der Waals surface area contributed by atoms with Gasteiger partial charge in [-0.15, -0.1) is 0 Å². The van der Waals surface area contributed by atoms with E-state index >= 15 is 0 Å². The van der Waals surface area contributed by atoms with E-state index in [1.807, 2.05) is 42.5 Å². The Morgan fingerprint density at radius 2 is 1.97 bits per heavy atom. The number of halogens is 1. The molecule has 1 aliphatic rings. The van der Waals surface area contributed by atoms with Gasteiger partial charge in [-0.05, 0) is 59.7 Å². The minimum atomic E-state index is -0.0998. The topological polar surface area (TPSA) is 79.2 Å². The number of ether oxygens (including phenoxy) is 2. The van der Waals surface area contributed by atoms with Crippen LogP contribution in [0.4, 0.5) is 0 Å². The quantitative estimate of drug-likeness (QED) is 0.606. The molecule has 0 radical (unpaired) electrons. The van der Waals surface area contributed by atoms with E-state index in [-0.39, 0.29) is 12.1 Å². The number of nitrogens with one attached hydrogen (secondary N) is 2. The van der Waals surface area contributed by atoms with Crippen LogP contribution < -0.4 is 20.3 Å². The highest BCUT2D eigenvalue weighted by atomic mass is 35.5. The number of pyridine rings is 1. The van der Waals surface area contributed by atoms with Crippen molar-refractivity contribution in [3.05, 3.63) is 88.7 Å². The maximum atomic E-state index is 8.93. The molecule has 1 fully saturated rings. The van der Waals surface area contributed by atoms with Crippen LogP contribution in [0.25, 0.3) is 0 Å². The lowest BCUT2D eigenvalue weighted by Gasteiger charge is -2.21. The normalized spacial score (nSPS) is 18.2. The van der Waals surface area contributed by atoms with Crippen molar-refractivity contribution in [3.8, 4) is 17.6 Å². The van der Waals surface area contributed by atoms with E-state index in [2.05, 4.69) is 21.9 Å². The van der Waals surface area contributed by atoms with Crippen molar-refractivity contribution in [2.45, 2.75) is 18.8 Å². The summed E-state index contributed by atoms with van der Waals surface area (Å²) < 4.78 is 12.0. The molecule has 0 spiro atoms. The molecule has 7 heteroatoms. The third kappa shape index (κ3) is 4.84. The zero-order chi connectivity index (χ0) is 20.1. The first-order valence-corrected chi connectivity index (χ1v) is 9.57. The molecule has 3 aromatic rings. The molecule has 2 N–H and O–H groups in total. The Balaban J connectivity index is 1.44. The summed E-state index contributed by atoms with van der Waals surface area (Å²) in [5, 5.41) is 9.38. The average molecular weight is 407 g/mol. The van der Waals surface area contributed by atoms with E-state index in [9.17, 15) is 0 Å². The molecular formula is C22H19ClN4O2. The van der Waals surface area contributed by atoms with Crippen molar-refractivity contribution in [3.63, 3.8) is 0 Å². The Morgan fingerprint density at radius 3 is 2.76 bits per heavy atom. The van der Waals surface area contributed by atoms with Gasteiger partial charge >= 0.3 is 0 Å². The fourth-order valence-corrected chi connectivity index (χ4v) is 3.36. The van der Waals surface area contributed by atoms with Crippen LogP contribution in [-0.2, 0) is 6.61 Å². The SMILES string of the molecule is N#Cc1ccc(OC2CNNC2c2cccc(OCc3ccnc(Cl)c3)c2)cc1. The van der Waals surface area contributed by atoms with Crippen molar-refractivity contribution in [2.75, 3.05) is 6.54 Å². The highest BCUT2D eigenvalue weighted by Crippen LogP contribution is 2.27. The minimum Gasteiger partial charge on any atom is -0.489 e. The summed E-state index contributed by atoms with van der Waals surface area (Å²) in [6, 6.07) is 20.8. The molecule has 29 heavy (non-hydrogen) atoms. The third-order valence-electron chi connectivity index (χ3n) is 4.62. The van der Waals surface area contributed by atoms with Gasteiger partial charge in [-0.3, -0.25) is 5.43 Å². The predicted octanol–water partition coefficient (Wildman–Crippen LogP) is 3.78. The Morgan fingerprint density at radius 1 is 1.10 bits per heavy atom. The van der Waals surface area contributed by atoms with Gasteiger partial charge in [0, 0.05) is 12.7 Å². The third-order valence-corrected chi connectivity index (χ3v) is 4.82.